The van der Waals surface area contributed by atoms with Crippen LogP contribution in [0.3, 0.4) is 0 Å². The molecule has 0 radical (unpaired) electrons. The van der Waals surface area contributed by atoms with Gasteiger partial charge in [0, 0.05) is 12.5 Å². The van der Waals surface area contributed by atoms with Crippen molar-refractivity contribution in [3.63, 3.8) is 0 Å². The summed E-state index contributed by atoms with van der Waals surface area (Å²) >= 11 is 0. The van der Waals surface area contributed by atoms with Crippen LogP contribution in [-0.2, 0) is 14.3 Å². The fraction of sp³-hybridized carbons (Fsp3) is 0.464. The van der Waals surface area contributed by atoms with Gasteiger partial charge in [-0.05, 0) is 53.4 Å². The highest BCUT2D eigenvalue weighted by atomic mass is 16.5. The van der Waals surface area contributed by atoms with Gasteiger partial charge >= 0.3 is 12.1 Å². The second kappa shape index (κ2) is 8.70. The molecule has 0 bridgehead atoms. The third-order valence-corrected chi connectivity index (χ3v) is 7.88. The van der Waals surface area contributed by atoms with Gasteiger partial charge in [-0.3, -0.25) is 4.79 Å². The summed E-state index contributed by atoms with van der Waals surface area (Å²) in [5, 5.41) is 12.7. The van der Waals surface area contributed by atoms with E-state index < -0.39 is 29.1 Å². The summed E-state index contributed by atoms with van der Waals surface area (Å²) in [5.74, 6) is -1.23. The first-order valence-electron chi connectivity index (χ1n) is 12.4. The van der Waals surface area contributed by atoms with Crippen LogP contribution in [0.15, 0.2) is 48.5 Å². The second-order valence-electron chi connectivity index (χ2n) is 10.8. The molecule has 1 heterocycles. The number of carboxylic acids is 1. The molecule has 7 nitrogen and oxygen atoms in total. The molecule has 2 aromatic rings. The third kappa shape index (κ3) is 4.40. The molecule has 1 saturated carbocycles. The minimum absolute atomic E-state index is 0.0307. The van der Waals surface area contributed by atoms with Gasteiger partial charge in [-0.15, -0.1) is 0 Å². The number of hydrogen-bond donors (Lipinski definition) is 2. The predicted molar refractivity (Wildman–Crippen MR) is 131 cm³/mol. The van der Waals surface area contributed by atoms with Gasteiger partial charge < -0.3 is 20.1 Å². The van der Waals surface area contributed by atoms with E-state index in [1.165, 1.54) is 16.0 Å². The van der Waals surface area contributed by atoms with E-state index >= 15 is 0 Å². The molecular weight excluding hydrogens is 444 g/mol. The van der Waals surface area contributed by atoms with Crippen LogP contribution in [0, 0.1) is 5.41 Å². The molecule has 1 unspecified atom stereocenters. The smallest absolute Gasteiger partial charge is 0.407 e. The first kappa shape index (κ1) is 23.4. The highest BCUT2D eigenvalue weighted by molar-refractivity contribution is 5.86. The van der Waals surface area contributed by atoms with Crippen molar-refractivity contribution in [2.24, 2.45) is 5.41 Å². The summed E-state index contributed by atoms with van der Waals surface area (Å²) in [7, 11) is 0. The average Bonchev–Trinajstić information content (AvgIpc) is 3.48. The molecule has 184 valence electrons. The van der Waals surface area contributed by atoms with E-state index in [2.05, 4.69) is 29.6 Å². The molecule has 2 N–H and O–H groups in total. The Kier molecular flexibility index (Phi) is 5.82. The number of carbonyl (C=O) groups excluding carboxylic acids is 2. The number of ether oxygens (including phenoxy) is 1. The summed E-state index contributed by atoms with van der Waals surface area (Å²) in [4.78, 5) is 39.3. The molecule has 2 fully saturated rings. The Labute approximate surface area is 205 Å². The summed E-state index contributed by atoms with van der Waals surface area (Å²) in [6, 6.07) is 15.5. The molecule has 1 saturated heterocycles. The van der Waals surface area contributed by atoms with Crippen molar-refractivity contribution in [1.29, 1.82) is 0 Å². The highest BCUT2D eigenvalue weighted by Crippen LogP contribution is 2.45. The lowest BCUT2D eigenvalue weighted by Gasteiger charge is -2.44. The lowest BCUT2D eigenvalue weighted by Crippen LogP contribution is -2.57. The second-order valence-corrected chi connectivity index (χ2v) is 10.8. The number of piperidine rings is 1. The number of fused-ring (bicyclic) bond motifs is 3. The SMILES string of the molecule is CC1(C)CCCN(C(=O)CC2(NC(=O)OCC3c4ccccc4-c4ccccc43)CC2)C1C(=O)O. The van der Waals surface area contributed by atoms with Gasteiger partial charge in [-0.2, -0.15) is 0 Å². The summed E-state index contributed by atoms with van der Waals surface area (Å²) < 4.78 is 5.67. The van der Waals surface area contributed by atoms with Crippen LogP contribution in [0.25, 0.3) is 11.1 Å². The van der Waals surface area contributed by atoms with Crippen molar-refractivity contribution in [2.75, 3.05) is 13.2 Å². The van der Waals surface area contributed by atoms with Crippen molar-refractivity contribution in [3.05, 3.63) is 59.7 Å². The van der Waals surface area contributed by atoms with Crippen molar-refractivity contribution >= 4 is 18.0 Å². The lowest BCUT2D eigenvalue weighted by atomic mass is 9.76. The number of benzene rings is 2. The number of carbonyl (C=O) groups is 3. The largest absolute Gasteiger partial charge is 0.480 e. The standard InChI is InChI=1S/C28H32N2O5/c1-27(2)12-7-15-30(24(27)25(32)33)23(31)16-28(13-14-28)29-26(34)35-17-22-20-10-5-3-8-18(20)19-9-4-6-11-21(19)22/h3-6,8-11,22,24H,7,12-17H2,1-2H3,(H,29,34)(H,32,33). The van der Waals surface area contributed by atoms with Gasteiger partial charge in [-0.25, -0.2) is 9.59 Å². The summed E-state index contributed by atoms with van der Waals surface area (Å²) in [6.45, 7) is 4.44. The quantitative estimate of drug-likeness (QED) is 0.638. The minimum atomic E-state index is -0.975. The van der Waals surface area contributed by atoms with Crippen LogP contribution < -0.4 is 5.32 Å². The van der Waals surface area contributed by atoms with E-state index in [4.69, 9.17) is 4.74 Å². The highest BCUT2D eigenvalue weighted by Gasteiger charge is 2.50. The lowest BCUT2D eigenvalue weighted by molar-refractivity contribution is -0.159. The maximum Gasteiger partial charge on any atom is 0.407 e. The zero-order valence-electron chi connectivity index (χ0n) is 20.3. The Morgan fingerprint density at radius 1 is 1.00 bits per heavy atom. The van der Waals surface area contributed by atoms with Gasteiger partial charge in [0.05, 0.1) is 12.0 Å². The van der Waals surface area contributed by atoms with Crippen LogP contribution in [0.5, 0.6) is 0 Å². The molecule has 1 atom stereocenters. The van der Waals surface area contributed by atoms with E-state index in [-0.39, 0.29) is 24.9 Å². The number of carboxylic acid groups (broad SMARTS) is 1. The first-order chi connectivity index (χ1) is 16.7. The molecule has 5 rings (SSSR count). The Morgan fingerprint density at radius 2 is 1.60 bits per heavy atom. The molecule has 0 aromatic heterocycles. The van der Waals surface area contributed by atoms with E-state index in [1.807, 2.05) is 38.1 Å². The molecule has 0 spiro atoms. The van der Waals surface area contributed by atoms with Crippen LogP contribution in [0.4, 0.5) is 4.79 Å². The monoisotopic (exact) mass is 476 g/mol. The van der Waals surface area contributed by atoms with Crippen LogP contribution in [0.2, 0.25) is 0 Å². The fourth-order valence-electron chi connectivity index (χ4n) is 5.87. The molecule has 1 aliphatic heterocycles. The fourth-order valence-corrected chi connectivity index (χ4v) is 5.87. The van der Waals surface area contributed by atoms with E-state index in [9.17, 15) is 19.5 Å². The van der Waals surface area contributed by atoms with Gasteiger partial charge in [0.1, 0.15) is 12.6 Å². The predicted octanol–water partition coefficient (Wildman–Crippen LogP) is 4.55. The van der Waals surface area contributed by atoms with Gasteiger partial charge in [0.2, 0.25) is 5.91 Å². The summed E-state index contributed by atoms with van der Waals surface area (Å²) in [5.41, 5.74) is 3.48. The van der Waals surface area contributed by atoms with Gasteiger partial charge in [0.25, 0.3) is 0 Å². The molecular formula is C28H32N2O5. The van der Waals surface area contributed by atoms with E-state index in [0.29, 0.717) is 19.4 Å². The van der Waals surface area contributed by atoms with E-state index in [1.54, 1.807) is 0 Å². The number of alkyl carbamates (subject to hydrolysis) is 1. The number of likely N-dealkylation sites (tertiary alicyclic amines) is 1. The maximum atomic E-state index is 13.1. The Bertz CT molecular complexity index is 1120. The topological polar surface area (TPSA) is 95.9 Å². The molecule has 2 aromatic carbocycles. The zero-order valence-corrected chi connectivity index (χ0v) is 20.3. The van der Waals surface area contributed by atoms with Crippen LogP contribution >= 0.6 is 0 Å². The molecule has 7 heteroatoms. The number of aliphatic carboxylic acids is 1. The minimum Gasteiger partial charge on any atom is -0.480 e. The van der Waals surface area contributed by atoms with Crippen LogP contribution in [0.1, 0.15) is 63.0 Å². The summed E-state index contributed by atoms with van der Waals surface area (Å²) in [6.07, 6.45) is 2.45. The van der Waals surface area contributed by atoms with Crippen molar-refractivity contribution in [2.45, 2.75) is 63.5 Å². The zero-order chi connectivity index (χ0) is 24.8. The van der Waals surface area contributed by atoms with Crippen molar-refractivity contribution in [3.8, 4) is 11.1 Å². The number of amides is 2. The van der Waals surface area contributed by atoms with Gasteiger partial charge in [0.15, 0.2) is 0 Å². The Morgan fingerprint density at radius 3 is 2.17 bits per heavy atom. The molecule has 3 aliphatic rings. The van der Waals surface area contributed by atoms with Gasteiger partial charge in [-0.1, -0.05) is 62.4 Å². The third-order valence-electron chi connectivity index (χ3n) is 7.88. The van der Waals surface area contributed by atoms with Crippen molar-refractivity contribution < 1.29 is 24.2 Å². The molecule has 2 aliphatic carbocycles. The number of hydrogen-bond acceptors (Lipinski definition) is 4. The Balaban J connectivity index is 1.22. The maximum absolute atomic E-state index is 13.1. The molecule has 2 amide bonds. The van der Waals surface area contributed by atoms with E-state index in [0.717, 1.165) is 24.0 Å². The first-order valence-corrected chi connectivity index (χ1v) is 12.4. The Hall–Kier alpha value is -3.35. The number of nitrogens with one attached hydrogen (secondary N) is 1. The number of nitrogens with zero attached hydrogens (tertiary/aromatic N) is 1. The average molecular weight is 477 g/mol. The normalized spacial score (nSPS) is 21.5. The number of rotatable bonds is 6. The van der Waals surface area contributed by atoms with Crippen LogP contribution in [-0.4, -0.2) is 52.7 Å². The van der Waals surface area contributed by atoms with Crippen molar-refractivity contribution in [1.82, 2.24) is 10.2 Å². The molecule has 35 heavy (non-hydrogen) atoms.